The van der Waals surface area contributed by atoms with Gasteiger partial charge in [-0.1, -0.05) is 6.07 Å². The molecule has 6 heteroatoms. The lowest BCUT2D eigenvalue weighted by Crippen LogP contribution is -2.31. The van der Waals surface area contributed by atoms with E-state index in [0.717, 1.165) is 24.9 Å². The fourth-order valence-electron chi connectivity index (χ4n) is 1.88. The van der Waals surface area contributed by atoms with Crippen molar-refractivity contribution < 1.29 is 14.5 Å². The van der Waals surface area contributed by atoms with Gasteiger partial charge in [-0.05, 0) is 43.9 Å². The maximum absolute atomic E-state index is 9.09. The average molecular weight is 266 g/mol. The van der Waals surface area contributed by atoms with Crippen molar-refractivity contribution in [3.05, 3.63) is 23.8 Å². The molecule has 1 aromatic carbocycles. The maximum atomic E-state index is 9.09. The van der Waals surface area contributed by atoms with Crippen LogP contribution in [-0.2, 0) is 0 Å². The fraction of sp³-hybridized carbons (Fsp3) is 0.538. The molecule has 106 valence electrons. The van der Waals surface area contributed by atoms with E-state index in [2.05, 4.69) is 5.23 Å². The van der Waals surface area contributed by atoms with E-state index in [1.807, 2.05) is 18.2 Å². The molecule has 0 heterocycles. The number of hydrogen-bond acceptors (Lipinski definition) is 5. The highest BCUT2D eigenvalue weighted by Crippen LogP contribution is 2.30. The number of benzene rings is 1. The minimum absolute atomic E-state index is 0.0457. The molecule has 0 fully saturated rings. The van der Waals surface area contributed by atoms with E-state index in [1.54, 1.807) is 21.0 Å². The summed E-state index contributed by atoms with van der Waals surface area (Å²) in [5, 5.41) is 12.0. The van der Waals surface area contributed by atoms with E-state index in [9.17, 15) is 0 Å². The quantitative estimate of drug-likeness (QED) is 0.486. The molecule has 0 spiro atoms. The van der Waals surface area contributed by atoms with Gasteiger partial charge >= 0.3 is 7.05 Å². The second kappa shape index (κ2) is 8.04. The van der Waals surface area contributed by atoms with Gasteiger partial charge in [-0.3, -0.25) is 0 Å². The van der Waals surface area contributed by atoms with Crippen molar-refractivity contribution in [3.8, 4) is 11.5 Å². The number of rotatable bonds is 8. The molecule has 0 amide bonds. The first-order chi connectivity index (χ1) is 9.08. The highest BCUT2D eigenvalue weighted by molar-refractivity contribution is 6.45. The van der Waals surface area contributed by atoms with Crippen LogP contribution in [0.5, 0.6) is 11.5 Å². The van der Waals surface area contributed by atoms with Crippen LogP contribution >= 0.6 is 0 Å². The Morgan fingerprint density at radius 1 is 1.32 bits per heavy atom. The number of methoxy groups -OCH3 is 2. The van der Waals surface area contributed by atoms with Crippen molar-refractivity contribution in [1.29, 1.82) is 0 Å². The van der Waals surface area contributed by atoms with Crippen LogP contribution in [0.1, 0.15) is 24.4 Å². The number of nitrogens with two attached hydrogens (primary N) is 1. The van der Waals surface area contributed by atoms with Crippen LogP contribution in [0.2, 0.25) is 6.82 Å². The summed E-state index contributed by atoms with van der Waals surface area (Å²) in [4.78, 5) is 0. The Kier molecular flexibility index (Phi) is 6.69. The summed E-state index contributed by atoms with van der Waals surface area (Å²) in [5.74, 6) is 1.40. The van der Waals surface area contributed by atoms with Gasteiger partial charge < -0.3 is 25.5 Å². The van der Waals surface area contributed by atoms with Crippen LogP contribution in [0.15, 0.2) is 18.2 Å². The molecule has 1 rings (SSSR count). The van der Waals surface area contributed by atoms with Crippen molar-refractivity contribution in [3.63, 3.8) is 0 Å². The molecular weight excluding hydrogens is 243 g/mol. The molecule has 1 atom stereocenters. The average Bonchev–Trinajstić information content (AvgIpc) is 2.42. The second-order valence-electron chi connectivity index (χ2n) is 4.49. The predicted molar refractivity (Wildman–Crippen MR) is 77.5 cm³/mol. The first kappa shape index (κ1) is 15.8. The standard InChI is InChI=1S/C13H23BN2O3/c1-14(17)16-8-4-5-11(15)10-6-7-12(18-2)13(9-10)19-3/h6-7,9,11,16-17H,4-5,8,15H2,1-3H3/t11-/m1/s1. The van der Waals surface area contributed by atoms with Gasteiger partial charge in [-0.25, -0.2) is 0 Å². The highest BCUT2D eigenvalue weighted by atomic mass is 16.5. The summed E-state index contributed by atoms with van der Waals surface area (Å²) in [5.41, 5.74) is 7.16. The lowest BCUT2D eigenvalue weighted by Gasteiger charge is -2.15. The molecule has 0 aromatic heterocycles. The van der Waals surface area contributed by atoms with E-state index in [-0.39, 0.29) is 6.04 Å². The molecule has 0 aliphatic rings. The summed E-state index contributed by atoms with van der Waals surface area (Å²) in [6, 6.07) is 5.68. The highest BCUT2D eigenvalue weighted by Gasteiger charge is 2.10. The Hall–Kier alpha value is -1.24. The molecule has 0 radical (unpaired) electrons. The van der Waals surface area contributed by atoms with Crippen molar-refractivity contribution in [2.24, 2.45) is 5.73 Å². The van der Waals surface area contributed by atoms with Gasteiger partial charge in [-0.15, -0.1) is 0 Å². The molecule has 1 aromatic rings. The third kappa shape index (κ3) is 5.10. The Balaban J connectivity index is 2.54. The minimum atomic E-state index is -0.475. The van der Waals surface area contributed by atoms with Gasteiger partial charge in [0.1, 0.15) is 0 Å². The van der Waals surface area contributed by atoms with E-state index >= 15 is 0 Å². The molecule has 0 saturated heterocycles. The van der Waals surface area contributed by atoms with Crippen molar-refractivity contribution >= 4 is 7.05 Å². The number of nitrogens with one attached hydrogen (secondary N) is 1. The predicted octanol–water partition coefficient (Wildman–Crippen LogP) is 1.18. The third-order valence-electron chi connectivity index (χ3n) is 2.97. The van der Waals surface area contributed by atoms with E-state index in [1.165, 1.54) is 0 Å². The van der Waals surface area contributed by atoms with E-state index in [0.29, 0.717) is 11.5 Å². The summed E-state index contributed by atoms with van der Waals surface area (Å²) in [7, 11) is 2.75. The first-order valence-corrected chi connectivity index (χ1v) is 6.47. The Labute approximate surface area is 115 Å². The van der Waals surface area contributed by atoms with Crippen molar-refractivity contribution in [2.75, 3.05) is 20.8 Å². The summed E-state index contributed by atoms with van der Waals surface area (Å²) in [6.07, 6.45) is 1.75. The number of hydrogen-bond donors (Lipinski definition) is 3. The Morgan fingerprint density at radius 2 is 2.00 bits per heavy atom. The molecule has 0 unspecified atom stereocenters. The van der Waals surface area contributed by atoms with Crippen LogP contribution in [-0.4, -0.2) is 32.8 Å². The van der Waals surface area contributed by atoms with Crippen LogP contribution in [0.3, 0.4) is 0 Å². The topological polar surface area (TPSA) is 76.7 Å². The number of ether oxygens (including phenoxy) is 2. The zero-order valence-electron chi connectivity index (χ0n) is 11.8. The summed E-state index contributed by atoms with van der Waals surface area (Å²) >= 11 is 0. The third-order valence-corrected chi connectivity index (χ3v) is 2.97. The largest absolute Gasteiger partial charge is 0.493 e. The Morgan fingerprint density at radius 3 is 2.58 bits per heavy atom. The SMILES string of the molecule is COc1ccc([C@H](N)CCCNB(C)O)cc1OC. The van der Waals surface area contributed by atoms with Crippen LogP contribution in [0.4, 0.5) is 0 Å². The maximum Gasteiger partial charge on any atom is 0.373 e. The van der Waals surface area contributed by atoms with Gasteiger partial charge in [0.25, 0.3) is 0 Å². The van der Waals surface area contributed by atoms with Crippen molar-refractivity contribution in [1.82, 2.24) is 5.23 Å². The molecule has 0 saturated carbocycles. The fourth-order valence-corrected chi connectivity index (χ4v) is 1.88. The van der Waals surface area contributed by atoms with E-state index in [4.69, 9.17) is 20.2 Å². The molecule has 5 nitrogen and oxygen atoms in total. The lowest BCUT2D eigenvalue weighted by atomic mass is 9.88. The van der Waals surface area contributed by atoms with Gasteiger partial charge in [0.2, 0.25) is 0 Å². The molecule has 19 heavy (non-hydrogen) atoms. The normalized spacial score (nSPS) is 12.1. The van der Waals surface area contributed by atoms with Gasteiger partial charge in [0.05, 0.1) is 14.2 Å². The molecule has 0 bridgehead atoms. The van der Waals surface area contributed by atoms with Crippen LogP contribution in [0.25, 0.3) is 0 Å². The molecule has 0 aliphatic heterocycles. The minimum Gasteiger partial charge on any atom is -0.493 e. The first-order valence-electron chi connectivity index (χ1n) is 6.47. The molecule has 0 aliphatic carbocycles. The second-order valence-corrected chi connectivity index (χ2v) is 4.49. The Bertz CT molecular complexity index is 388. The summed E-state index contributed by atoms with van der Waals surface area (Å²) in [6.45, 7) is 2.45. The van der Waals surface area contributed by atoms with Gasteiger partial charge in [0, 0.05) is 6.04 Å². The zero-order chi connectivity index (χ0) is 14.3. The van der Waals surface area contributed by atoms with Gasteiger partial charge in [0.15, 0.2) is 11.5 Å². The summed E-state index contributed by atoms with van der Waals surface area (Å²) < 4.78 is 10.5. The van der Waals surface area contributed by atoms with Crippen LogP contribution < -0.4 is 20.4 Å². The molecular formula is C13H23BN2O3. The smallest absolute Gasteiger partial charge is 0.373 e. The van der Waals surface area contributed by atoms with E-state index < -0.39 is 7.05 Å². The molecule has 4 N–H and O–H groups in total. The van der Waals surface area contributed by atoms with Crippen LogP contribution in [0, 0.1) is 0 Å². The monoisotopic (exact) mass is 266 g/mol. The lowest BCUT2D eigenvalue weighted by molar-refractivity contribution is 0.354. The van der Waals surface area contributed by atoms with Crippen molar-refractivity contribution in [2.45, 2.75) is 25.7 Å². The van der Waals surface area contributed by atoms with Gasteiger partial charge in [-0.2, -0.15) is 0 Å². The zero-order valence-corrected chi connectivity index (χ0v) is 11.8.